The summed E-state index contributed by atoms with van der Waals surface area (Å²) in [7, 11) is 0. The Kier molecular flexibility index (Phi) is 18.9. The van der Waals surface area contributed by atoms with E-state index in [0.717, 1.165) is 12.8 Å². The van der Waals surface area contributed by atoms with E-state index in [1.165, 1.54) is 96.3 Å². The van der Waals surface area contributed by atoms with Crippen LogP contribution in [0.2, 0.25) is 0 Å². The summed E-state index contributed by atoms with van der Waals surface area (Å²) in [6.07, 6.45) is 26.7. The van der Waals surface area contributed by atoms with Crippen LogP contribution >= 0.6 is 0 Å². The molecule has 0 aliphatic heterocycles. The predicted octanol–water partition coefficient (Wildman–Crippen LogP) is 7.91. The minimum Gasteiger partial charge on any atom is -0.481 e. The smallest absolute Gasteiger partial charge is 0.306 e. The van der Waals surface area contributed by atoms with Crippen molar-refractivity contribution < 1.29 is 9.90 Å². The van der Waals surface area contributed by atoms with Gasteiger partial charge >= 0.3 is 5.97 Å². The maximum Gasteiger partial charge on any atom is 0.306 e. The van der Waals surface area contributed by atoms with Gasteiger partial charge in [0.2, 0.25) is 0 Å². The first-order valence-electron chi connectivity index (χ1n) is 11.1. The van der Waals surface area contributed by atoms with E-state index in [-0.39, 0.29) is 5.92 Å². The molecule has 0 aromatic rings. The maximum absolute atomic E-state index is 10.7. The summed E-state index contributed by atoms with van der Waals surface area (Å²) in [6.45, 7) is 4.08. The van der Waals surface area contributed by atoms with Gasteiger partial charge in [0.05, 0.1) is 5.92 Å². The van der Waals surface area contributed by atoms with Gasteiger partial charge in [0.25, 0.3) is 0 Å². The Morgan fingerprint density at radius 3 is 1.56 bits per heavy atom. The van der Waals surface area contributed by atoms with Crippen LogP contribution in [0.1, 0.15) is 123 Å². The van der Waals surface area contributed by atoms with Gasteiger partial charge in [-0.25, -0.2) is 0 Å². The lowest BCUT2D eigenvalue weighted by Gasteiger charge is -2.05. The Bertz CT molecular complexity index is 309. The van der Waals surface area contributed by atoms with Gasteiger partial charge in [0.15, 0.2) is 0 Å². The van der Waals surface area contributed by atoms with Crippen molar-refractivity contribution in [3.63, 3.8) is 0 Å². The first-order chi connectivity index (χ1) is 12.2. The molecule has 25 heavy (non-hydrogen) atoms. The third kappa shape index (κ3) is 19.4. The van der Waals surface area contributed by atoms with Crippen LogP contribution in [0.4, 0.5) is 0 Å². The Balaban J connectivity index is 3.13. The van der Waals surface area contributed by atoms with E-state index in [1.807, 2.05) is 6.92 Å². The number of aliphatic carboxylic acids is 1. The van der Waals surface area contributed by atoms with E-state index in [2.05, 4.69) is 19.1 Å². The molecule has 1 N–H and O–H groups in total. The van der Waals surface area contributed by atoms with Crippen molar-refractivity contribution >= 4 is 5.97 Å². The number of carbonyl (C=O) groups is 1. The Hall–Kier alpha value is -0.790. The molecule has 1 unspecified atom stereocenters. The van der Waals surface area contributed by atoms with Gasteiger partial charge in [-0.3, -0.25) is 4.79 Å². The molecule has 0 aromatic carbocycles. The fourth-order valence-electron chi connectivity index (χ4n) is 3.18. The zero-order valence-corrected chi connectivity index (χ0v) is 17.1. The number of carboxylic acid groups (broad SMARTS) is 1. The summed E-state index contributed by atoms with van der Waals surface area (Å²) in [6, 6.07) is 0. The quantitative estimate of drug-likeness (QED) is 0.189. The fourth-order valence-corrected chi connectivity index (χ4v) is 3.18. The highest BCUT2D eigenvalue weighted by Crippen LogP contribution is 2.14. The second-order valence-electron chi connectivity index (χ2n) is 7.67. The van der Waals surface area contributed by atoms with Crippen LogP contribution in [-0.2, 0) is 4.79 Å². The molecule has 0 amide bonds. The molecule has 0 rings (SSSR count). The summed E-state index contributed by atoms with van der Waals surface area (Å²) in [4.78, 5) is 10.7. The molecule has 0 spiro atoms. The summed E-state index contributed by atoms with van der Waals surface area (Å²) >= 11 is 0. The van der Waals surface area contributed by atoms with Crippen LogP contribution in [0.3, 0.4) is 0 Å². The van der Waals surface area contributed by atoms with Gasteiger partial charge in [-0.15, -0.1) is 0 Å². The third-order valence-corrected chi connectivity index (χ3v) is 5.07. The summed E-state index contributed by atoms with van der Waals surface area (Å²) in [5.41, 5.74) is 0. The minimum absolute atomic E-state index is 0.172. The lowest BCUT2D eigenvalue weighted by atomic mass is 10.0. The zero-order valence-electron chi connectivity index (χ0n) is 17.1. The van der Waals surface area contributed by atoms with Crippen LogP contribution < -0.4 is 0 Å². The Morgan fingerprint density at radius 1 is 0.720 bits per heavy atom. The minimum atomic E-state index is -0.652. The van der Waals surface area contributed by atoms with E-state index >= 15 is 0 Å². The second kappa shape index (κ2) is 19.5. The van der Waals surface area contributed by atoms with E-state index in [0.29, 0.717) is 0 Å². The van der Waals surface area contributed by atoms with E-state index < -0.39 is 5.97 Å². The molecule has 148 valence electrons. The molecule has 2 heteroatoms. The van der Waals surface area contributed by atoms with Crippen LogP contribution in [0.25, 0.3) is 0 Å². The summed E-state index contributed by atoms with van der Waals surface area (Å²) in [5, 5.41) is 8.82. The number of allylic oxidation sites excluding steroid dienone is 2. The molecular formula is C23H44O2. The predicted molar refractivity (Wildman–Crippen MR) is 110 cm³/mol. The molecule has 2 nitrogen and oxygen atoms in total. The first kappa shape index (κ1) is 24.2. The van der Waals surface area contributed by atoms with Crippen LogP contribution in [0.5, 0.6) is 0 Å². The van der Waals surface area contributed by atoms with E-state index in [9.17, 15) is 4.79 Å². The van der Waals surface area contributed by atoms with Crippen LogP contribution in [-0.4, -0.2) is 11.1 Å². The van der Waals surface area contributed by atoms with Crippen molar-refractivity contribution in [3.8, 4) is 0 Å². The van der Waals surface area contributed by atoms with Crippen molar-refractivity contribution in [2.45, 2.75) is 123 Å². The van der Waals surface area contributed by atoms with Gasteiger partial charge in [-0.1, -0.05) is 103 Å². The monoisotopic (exact) mass is 352 g/mol. The van der Waals surface area contributed by atoms with Gasteiger partial charge < -0.3 is 5.11 Å². The standard InChI is InChI=1S/C23H44O2/c1-3-4-5-6-7-8-9-10-11-12-13-14-15-16-17-18-19-20-21-22(2)23(24)25/h10-11,22H,3-9,12-21H2,1-2H3,(H,24,25). The number of hydrogen-bond donors (Lipinski definition) is 1. The molecule has 0 saturated heterocycles. The number of unbranched alkanes of at least 4 members (excludes halogenated alkanes) is 14. The van der Waals surface area contributed by atoms with Crippen molar-refractivity contribution in [1.82, 2.24) is 0 Å². The highest BCUT2D eigenvalue weighted by Gasteiger charge is 2.09. The molecule has 0 heterocycles. The topological polar surface area (TPSA) is 37.3 Å². The van der Waals surface area contributed by atoms with Crippen molar-refractivity contribution in [2.24, 2.45) is 5.92 Å². The zero-order chi connectivity index (χ0) is 18.6. The van der Waals surface area contributed by atoms with E-state index in [1.54, 1.807) is 0 Å². The van der Waals surface area contributed by atoms with Gasteiger partial charge in [-0.2, -0.15) is 0 Å². The van der Waals surface area contributed by atoms with E-state index in [4.69, 9.17) is 5.11 Å². The summed E-state index contributed by atoms with van der Waals surface area (Å²) in [5.74, 6) is -0.824. The lowest BCUT2D eigenvalue weighted by Crippen LogP contribution is -2.08. The molecule has 0 aromatic heterocycles. The summed E-state index contributed by atoms with van der Waals surface area (Å²) < 4.78 is 0. The average Bonchev–Trinajstić information content (AvgIpc) is 2.60. The van der Waals surface area contributed by atoms with Crippen molar-refractivity contribution in [1.29, 1.82) is 0 Å². The molecule has 0 aliphatic carbocycles. The normalized spacial score (nSPS) is 12.7. The van der Waals surface area contributed by atoms with Gasteiger partial charge in [-0.05, 0) is 32.1 Å². The molecule has 1 atom stereocenters. The molecule has 0 radical (unpaired) electrons. The number of hydrogen-bond acceptors (Lipinski definition) is 1. The Labute approximate surface area is 157 Å². The largest absolute Gasteiger partial charge is 0.481 e. The molecule has 0 saturated carbocycles. The SMILES string of the molecule is CCCCCCCCC=CCCCCCCCCCCC(C)C(=O)O. The third-order valence-electron chi connectivity index (χ3n) is 5.07. The second-order valence-corrected chi connectivity index (χ2v) is 7.67. The van der Waals surface area contributed by atoms with Crippen molar-refractivity contribution in [2.75, 3.05) is 0 Å². The molecule has 0 bridgehead atoms. The van der Waals surface area contributed by atoms with Gasteiger partial charge in [0, 0.05) is 0 Å². The van der Waals surface area contributed by atoms with Gasteiger partial charge in [0.1, 0.15) is 0 Å². The Morgan fingerprint density at radius 2 is 1.12 bits per heavy atom. The highest BCUT2D eigenvalue weighted by molar-refractivity contribution is 5.69. The first-order valence-corrected chi connectivity index (χ1v) is 11.1. The molecular weight excluding hydrogens is 308 g/mol. The maximum atomic E-state index is 10.7. The average molecular weight is 353 g/mol. The molecule has 0 aliphatic rings. The lowest BCUT2D eigenvalue weighted by molar-refractivity contribution is -0.141. The van der Waals surface area contributed by atoms with Crippen molar-refractivity contribution in [3.05, 3.63) is 12.2 Å². The highest BCUT2D eigenvalue weighted by atomic mass is 16.4. The van der Waals surface area contributed by atoms with Crippen LogP contribution in [0, 0.1) is 5.92 Å². The molecule has 0 fully saturated rings. The van der Waals surface area contributed by atoms with Crippen LogP contribution in [0.15, 0.2) is 12.2 Å². The fraction of sp³-hybridized carbons (Fsp3) is 0.870. The number of carboxylic acids is 1. The number of rotatable bonds is 19.